The molecule has 1 aliphatic carbocycles. The highest BCUT2D eigenvalue weighted by atomic mass is 16.3. The summed E-state index contributed by atoms with van der Waals surface area (Å²) in [6, 6.07) is 0. The summed E-state index contributed by atoms with van der Waals surface area (Å²) in [7, 11) is 0. The molecule has 0 aromatic carbocycles. The highest BCUT2D eigenvalue weighted by Crippen LogP contribution is 2.16. The topological polar surface area (TPSA) is 50.2 Å². The van der Waals surface area contributed by atoms with E-state index < -0.39 is 0 Å². The molecule has 1 rings (SSSR count). The van der Waals surface area contributed by atoms with Crippen LogP contribution >= 0.6 is 0 Å². The maximum Gasteiger partial charge on any atom is 0.0540 e. The zero-order valence-corrected chi connectivity index (χ0v) is 5.01. The highest BCUT2D eigenvalue weighted by Gasteiger charge is 2.07. The van der Waals surface area contributed by atoms with E-state index >= 15 is 0 Å². The summed E-state index contributed by atoms with van der Waals surface area (Å²) in [5.74, 6) is 0. The second-order valence-corrected chi connectivity index (χ2v) is 2.29. The van der Waals surface area contributed by atoms with Crippen LogP contribution in [-0.2, 0) is 0 Å². The molecule has 0 unspecified atom stereocenters. The summed E-state index contributed by atoms with van der Waals surface area (Å²) >= 11 is 0. The van der Waals surface area contributed by atoms with Crippen LogP contribution in [-0.4, -0.2) is 16.7 Å². The first-order chi connectivity index (χ1) is 3.39. The molecule has 0 saturated heterocycles. The maximum atomic E-state index is 8.91. The molecule has 0 atom stereocenters. The largest absolute Gasteiger partial charge is 0.393 e. The summed E-state index contributed by atoms with van der Waals surface area (Å²) in [6.45, 7) is 0. The van der Waals surface area contributed by atoms with Gasteiger partial charge in [0.1, 0.15) is 0 Å². The van der Waals surface area contributed by atoms with E-state index in [4.69, 9.17) is 5.11 Å². The molecule has 8 heavy (non-hydrogen) atoms. The zero-order valence-electron chi connectivity index (χ0n) is 5.01. The van der Waals surface area contributed by atoms with Gasteiger partial charge in [-0.25, -0.2) is 0 Å². The van der Waals surface area contributed by atoms with Gasteiger partial charge in [-0.05, 0) is 12.8 Å². The predicted molar refractivity (Wildman–Crippen MR) is 31.0 cm³/mol. The van der Waals surface area contributed by atoms with Crippen LogP contribution in [0.25, 0.3) is 0 Å². The van der Waals surface area contributed by atoms with Crippen LogP contribution in [0.1, 0.15) is 32.1 Å². The highest BCUT2D eigenvalue weighted by molar-refractivity contribution is 4.61. The molecule has 0 aromatic rings. The quantitative estimate of drug-likeness (QED) is 0.491. The van der Waals surface area contributed by atoms with Crippen LogP contribution in [0, 0.1) is 0 Å². The number of aliphatic hydroxyl groups is 1. The molecule has 1 fully saturated rings. The maximum absolute atomic E-state index is 8.91. The van der Waals surface area contributed by atoms with Gasteiger partial charge >= 0.3 is 0 Å². The second-order valence-electron chi connectivity index (χ2n) is 2.29. The molecule has 1 radical (unpaired) electrons. The van der Waals surface area contributed by atoms with Gasteiger partial charge in [0.05, 0.1) is 6.10 Å². The van der Waals surface area contributed by atoms with Gasteiger partial charge in [-0.1, -0.05) is 19.3 Å². The predicted octanol–water partition coefficient (Wildman–Crippen LogP) is 1.13. The Hall–Kier alpha value is -0.0800. The van der Waals surface area contributed by atoms with E-state index in [1.807, 2.05) is 0 Å². The standard InChI is InChI=1S/C6H12O.HO/c7-6-4-2-1-3-5-6;/h6-7H,1-5H2;1H. The van der Waals surface area contributed by atoms with E-state index in [-0.39, 0.29) is 11.6 Å². The normalized spacial score (nSPS) is 22.1. The lowest BCUT2D eigenvalue weighted by Gasteiger charge is -2.14. The van der Waals surface area contributed by atoms with Gasteiger partial charge in [-0.2, -0.15) is 0 Å². The zero-order chi connectivity index (χ0) is 5.11. The first-order valence-corrected chi connectivity index (χ1v) is 3.07. The minimum absolute atomic E-state index is 0. The summed E-state index contributed by atoms with van der Waals surface area (Å²) in [5, 5.41) is 8.91. The summed E-state index contributed by atoms with van der Waals surface area (Å²) in [5.41, 5.74) is 0. The van der Waals surface area contributed by atoms with Crippen LogP contribution in [0.4, 0.5) is 0 Å². The Bertz CT molecular complexity index is 48.5. The fourth-order valence-corrected chi connectivity index (χ4v) is 1.08. The first kappa shape index (κ1) is 7.92. The van der Waals surface area contributed by atoms with Crippen LogP contribution in [0.3, 0.4) is 0 Å². The SMILES string of the molecule is OC1CCCCC1.[OH]. The van der Waals surface area contributed by atoms with Crippen LogP contribution in [0.5, 0.6) is 0 Å². The first-order valence-electron chi connectivity index (χ1n) is 3.07. The number of hydrogen-bond acceptors (Lipinski definition) is 1. The van der Waals surface area contributed by atoms with Crippen LogP contribution in [0.15, 0.2) is 0 Å². The van der Waals surface area contributed by atoms with Gasteiger partial charge < -0.3 is 5.11 Å². The molecule has 2 N–H and O–H groups in total. The van der Waals surface area contributed by atoms with Gasteiger partial charge in [-0.15, -0.1) is 0 Å². The van der Waals surface area contributed by atoms with E-state index in [0.717, 1.165) is 12.8 Å². The van der Waals surface area contributed by atoms with E-state index in [0.29, 0.717) is 0 Å². The lowest BCUT2D eigenvalue weighted by Crippen LogP contribution is -2.09. The monoisotopic (exact) mass is 117 g/mol. The molecule has 1 saturated carbocycles. The van der Waals surface area contributed by atoms with Crippen LogP contribution < -0.4 is 0 Å². The van der Waals surface area contributed by atoms with Crippen molar-refractivity contribution in [2.45, 2.75) is 38.2 Å². The minimum Gasteiger partial charge on any atom is -0.393 e. The fourth-order valence-electron chi connectivity index (χ4n) is 1.08. The molecule has 2 nitrogen and oxygen atoms in total. The molecule has 0 amide bonds. The molecule has 0 bridgehead atoms. The van der Waals surface area contributed by atoms with Crippen molar-refractivity contribution >= 4 is 0 Å². The van der Waals surface area contributed by atoms with Gasteiger partial charge in [0, 0.05) is 0 Å². The summed E-state index contributed by atoms with van der Waals surface area (Å²) in [6.07, 6.45) is 5.92. The van der Waals surface area contributed by atoms with Crippen molar-refractivity contribution in [3.05, 3.63) is 0 Å². The second kappa shape index (κ2) is 3.87. The Labute approximate surface area is 49.8 Å². The molecular weight excluding hydrogens is 104 g/mol. The van der Waals surface area contributed by atoms with Gasteiger partial charge in [0.25, 0.3) is 0 Å². The molecular formula is C6H13O2. The van der Waals surface area contributed by atoms with E-state index in [2.05, 4.69) is 0 Å². The smallest absolute Gasteiger partial charge is 0.0540 e. The van der Waals surface area contributed by atoms with Crippen molar-refractivity contribution in [2.75, 3.05) is 0 Å². The molecule has 2 heteroatoms. The van der Waals surface area contributed by atoms with Gasteiger partial charge in [0.2, 0.25) is 0 Å². The molecule has 0 aromatic heterocycles. The van der Waals surface area contributed by atoms with Crippen LogP contribution in [0.2, 0.25) is 0 Å². The Kier molecular flexibility index (Phi) is 3.83. The lowest BCUT2D eigenvalue weighted by molar-refractivity contribution is 0.130. The van der Waals surface area contributed by atoms with E-state index in [9.17, 15) is 0 Å². The third-order valence-corrected chi connectivity index (χ3v) is 1.57. The number of aliphatic hydroxyl groups excluding tert-OH is 1. The summed E-state index contributed by atoms with van der Waals surface area (Å²) in [4.78, 5) is 0. The van der Waals surface area contributed by atoms with E-state index in [1.54, 1.807) is 0 Å². The molecule has 1 aliphatic rings. The Morgan fingerprint density at radius 1 is 1.00 bits per heavy atom. The Balaban J connectivity index is 0.000000490. The Morgan fingerprint density at radius 2 is 1.50 bits per heavy atom. The summed E-state index contributed by atoms with van der Waals surface area (Å²) < 4.78 is 0. The molecule has 0 aliphatic heterocycles. The van der Waals surface area contributed by atoms with Crippen molar-refractivity contribution in [1.82, 2.24) is 0 Å². The number of rotatable bonds is 0. The Morgan fingerprint density at radius 3 is 1.75 bits per heavy atom. The van der Waals surface area contributed by atoms with Crippen molar-refractivity contribution in [3.63, 3.8) is 0 Å². The van der Waals surface area contributed by atoms with Crippen molar-refractivity contribution in [1.29, 1.82) is 0 Å². The molecule has 0 heterocycles. The van der Waals surface area contributed by atoms with E-state index in [1.165, 1.54) is 19.3 Å². The third kappa shape index (κ3) is 2.28. The fraction of sp³-hybridized carbons (Fsp3) is 1.00. The average Bonchev–Trinajstić information content (AvgIpc) is 1.69. The van der Waals surface area contributed by atoms with Crippen molar-refractivity contribution in [2.24, 2.45) is 0 Å². The molecule has 0 spiro atoms. The number of hydrogen-bond donors (Lipinski definition) is 2. The average molecular weight is 117 g/mol. The van der Waals surface area contributed by atoms with Crippen molar-refractivity contribution < 1.29 is 10.6 Å². The van der Waals surface area contributed by atoms with Gasteiger partial charge in [-0.3, -0.25) is 5.48 Å². The minimum atomic E-state index is 0. The van der Waals surface area contributed by atoms with Gasteiger partial charge in [0.15, 0.2) is 0 Å². The third-order valence-electron chi connectivity index (χ3n) is 1.57. The lowest BCUT2D eigenvalue weighted by atomic mass is 9.98. The molecule has 49 valence electrons. The van der Waals surface area contributed by atoms with Crippen molar-refractivity contribution in [3.8, 4) is 0 Å².